The van der Waals surface area contributed by atoms with Crippen molar-refractivity contribution in [2.24, 2.45) is 5.92 Å². The highest BCUT2D eigenvalue weighted by Gasteiger charge is 2.27. The van der Waals surface area contributed by atoms with E-state index in [1.165, 1.54) is 4.88 Å². The zero-order valence-corrected chi connectivity index (χ0v) is 12.5. The van der Waals surface area contributed by atoms with Gasteiger partial charge in [0, 0.05) is 17.8 Å². The van der Waals surface area contributed by atoms with E-state index in [1.54, 1.807) is 11.3 Å². The van der Waals surface area contributed by atoms with E-state index in [0.717, 1.165) is 25.9 Å². The average molecular weight is 289 g/mol. The van der Waals surface area contributed by atoms with Crippen molar-refractivity contribution in [1.29, 1.82) is 0 Å². The maximum atomic E-state index is 12.3. The number of rotatable bonds is 3. The van der Waals surface area contributed by atoms with E-state index in [-0.39, 0.29) is 24.4 Å². The molecule has 18 heavy (non-hydrogen) atoms. The van der Waals surface area contributed by atoms with Gasteiger partial charge in [0.05, 0.1) is 6.04 Å². The van der Waals surface area contributed by atoms with Gasteiger partial charge in [0.1, 0.15) is 0 Å². The van der Waals surface area contributed by atoms with E-state index in [1.807, 2.05) is 18.0 Å². The van der Waals surface area contributed by atoms with Gasteiger partial charge in [-0.3, -0.25) is 4.79 Å². The standard InChI is InChI=1S/C13H20N2OS.ClH/c1-10(12-4-3-9-17-12)15(2)13(16)11-5-7-14-8-6-11;/h3-4,9-11,14H,5-8H2,1-2H3;1H. The molecule has 1 aliphatic rings. The van der Waals surface area contributed by atoms with Crippen molar-refractivity contribution < 1.29 is 4.79 Å². The molecule has 0 radical (unpaired) electrons. The number of piperidine rings is 1. The molecule has 1 aromatic rings. The second-order valence-electron chi connectivity index (χ2n) is 4.66. The van der Waals surface area contributed by atoms with E-state index in [4.69, 9.17) is 0 Å². The molecule has 1 atom stereocenters. The first-order chi connectivity index (χ1) is 8.20. The first kappa shape index (κ1) is 15.5. The van der Waals surface area contributed by atoms with E-state index >= 15 is 0 Å². The van der Waals surface area contributed by atoms with Crippen LogP contribution in [0.1, 0.15) is 30.7 Å². The summed E-state index contributed by atoms with van der Waals surface area (Å²) in [7, 11) is 1.93. The Morgan fingerprint density at radius 2 is 2.17 bits per heavy atom. The highest BCUT2D eigenvalue weighted by molar-refractivity contribution is 7.10. The monoisotopic (exact) mass is 288 g/mol. The van der Waals surface area contributed by atoms with Gasteiger partial charge in [0.2, 0.25) is 5.91 Å². The number of halogens is 1. The summed E-state index contributed by atoms with van der Waals surface area (Å²) in [6.07, 6.45) is 1.95. The number of amides is 1. The summed E-state index contributed by atoms with van der Waals surface area (Å²) in [6, 6.07) is 4.33. The maximum absolute atomic E-state index is 12.3. The van der Waals surface area contributed by atoms with Gasteiger partial charge in [-0.2, -0.15) is 0 Å². The van der Waals surface area contributed by atoms with Gasteiger partial charge >= 0.3 is 0 Å². The van der Waals surface area contributed by atoms with E-state index in [0.29, 0.717) is 5.91 Å². The molecule has 1 amide bonds. The number of nitrogens with one attached hydrogen (secondary N) is 1. The summed E-state index contributed by atoms with van der Waals surface area (Å²) in [5.41, 5.74) is 0. The number of hydrogen-bond acceptors (Lipinski definition) is 3. The van der Waals surface area contributed by atoms with Crippen molar-refractivity contribution >= 4 is 29.7 Å². The highest BCUT2D eigenvalue weighted by Crippen LogP contribution is 2.26. The number of hydrogen-bond donors (Lipinski definition) is 1. The summed E-state index contributed by atoms with van der Waals surface area (Å²) in [5, 5.41) is 5.36. The Bertz CT molecular complexity index is 363. The molecular formula is C13H21ClN2OS. The lowest BCUT2D eigenvalue weighted by Crippen LogP contribution is -2.40. The summed E-state index contributed by atoms with van der Waals surface area (Å²) in [5.74, 6) is 0.510. The largest absolute Gasteiger partial charge is 0.338 e. The second-order valence-corrected chi connectivity index (χ2v) is 5.64. The van der Waals surface area contributed by atoms with Crippen LogP contribution in [0.2, 0.25) is 0 Å². The molecule has 0 saturated carbocycles. The summed E-state index contributed by atoms with van der Waals surface area (Å²) >= 11 is 1.72. The van der Waals surface area contributed by atoms with Crippen LogP contribution in [-0.2, 0) is 4.79 Å². The molecule has 0 bridgehead atoms. The number of nitrogens with zero attached hydrogens (tertiary/aromatic N) is 1. The van der Waals surface area contributed by atoms with Gasteiger partial charge in [0.25, 0.3) is 0 Å². The fraction of sp³-hybridized carbons (Fsp3) is 0.615. The third kappa shape index (κ3) is 3.46. The number of thiophene rings is 1. The molecular weight excluding hydrogens is 268 g/mol. The zero-order chi connectivity index (χ0) is 12.3. The molecule has 2 rings (SSSR count). The highest BCUT2D eigenvalue weighted by atomic mass is 35.5. The minimum absolute atomic E-state index is 0. The van der Waals surface area contributed by atoms with Crippen LogP contribution in [0.25, 0.3) is 0 Å². The van der Waals surface area contributed by atoms with Crippen LogP contribution in [0.15, 0.2) is 17.5 Å². The van der Waals surface area contributed by atoms with E-state index in [9.17, 15) is 4.79 Å². The Labute approximate surface area is 119 Å². The topological polar surface area (TPSA) is 32.3 Å². The van der Waals surface area contributed by atoms with Crippen LogP contribution in [0.4, 0.5) is 0 Å². The zero-order valence-electron chi connectivity index (χ0n) is 10.9. The van der Waals surface area contributed by atoms with Crippen LogP contribution in [-0.4, -0.2) is 30.9 Å². The predicted molar refractivity (Wildman–Crippen MR) is 78.3 cm³/mol. The SMILES string of the molecule is CC(c1cccs1)N(C)C(=O)C1CCNCC1.Cl. The van der Waals surface area contributed by atoms with E-state index < -0.39 is 0 Å². The van der Waals surface area contributed by atoms with Crippen LogP contribution in [0.3, 0.4) is 0 Å². The lowest BCUT2D eigenvalue weighted by atomic mass is 9.96. The van der Waals surface area contributed by atoms with Crippen LogP contribution >= 0.6 is 23.7 Å². The van der Waals surface area contributed by atoms with Crippen molar-refractivity contribution in [1.82, 2.24) is 10.2 Å². The number of carbonyl (C=O) groups is 1. The number of carbonyl (C=O) groups excluding carboxylic acids is 1. The Kier molecular flexibility index (Phi) is 6.12. The fourth-order valence-electron chi connectivity index (χ4n) is 2.27. The van der Waals surface area contributed by atoms with Crippen molar-refractivity contribution in [3.63, 3.8) is 0 Å². The maximum Gasteiger partial charge on any atom is 0.226 e. The summed E-state index contributed by atoms with van der Waals surface area (Å²) in [4.78, 5) is 15.5. The molecule has 1 unspecified atom stereocenters. The van der Waals surface area contributed by atoms with Gasteiger partial charge in [-0.15, -0.1) is 23.7 Å². The minimum atomic E-state index is 0. The molecule has 3 nitrogen and oxygen atoms in total. The molecule has 0 aliphatic carbocycles. The van der Waals surface area contributed by atoms with Gasteiger partial charge in [-0.1, -0.05) is 6.07 Å². The average Bonchev–Trinajstić information content (AvgIpc) is 2.91. The normalized spacial score (nSPS) is 17.9. The molecule has 1 saturated heterocycles. The van der Waals surface area contributed by atoms with Gasteiger partial charge < -0.3 is 10.2 Å². The molecule has 1 fully saturated rings. The minimum Gasteiger partial charge on any atom is -0.338 e. The predicted octanol–water partition coefficient (Wildman–Crippen LogP) is 2.69. The first-order valence-electron chi connectivity index (χ1n) is 6.21. The Hall–Kier alpha value is -0.580. The molecule has 1 N–H and O–H groups in total. The molecule has 2 heterocycles. The molecule has 1 aromatic heterocycles. The molecule has 5 heteroatoms. The quantitative estimate of drug-likeness (QED) is 0.927. The molecule has 0 spiro atoms. The van der Waals surface area contributed by atoms with Gasteiger partial charge in [-0.25, -0.2) is 0 Å². The fourth-order valence-corrected chi connectivity index (χ4v) is 3.09. The van der Waals surface area contributed by atoms with Gasteiger partial charge in [-0.05, 0) is 44.3 Å². The van der Waals surface area contributed by atoms with Crippen LogP contribution in [0.5, 0.6) is 0 Å². The Morgan fingerprint density at radius 3 is 2.72 bits per heavy atom. The first-order valence-corrected chi connectivity index (χ1v) is 7.09. The lowest BCUT2D eigenvalue weighted by molar-refractivity contribution is -0.136. The second kappa shape index (κ2) is 7.12. The summed E-state index contributed by atoms with van der Waals surface area (Å²) in [6.45, 7) is 4.04. The van der Waals surface area contributed by atoms with Crippen LogP contribution < -0.4 is 5.32 Å². The van der Waals surface area contributed by atoms with Crippen LogP contribution in [0, 0.1) is 5.92 Å². The summed E-state index contributed by atoms with van der Waals surface area (Å²) < 4.78 is 0. The molecule has 102 valence electrons. The molecule has 0 aromatic carbocycles. The van der Waals surface area contributed by atoms with Crippen molar-refractivity contribution in [2.45, 2.75) is 25.8 Å². The third-order valence-corrected chi connectivity index (χ3v) is 4.61. The molecule has 1 aliphatic heterocycles. The lowest BCUT2D eigenvalue weighted by Gasteiger charge is -2.30. The Morgan fingerprint density at radius 1 is 1.50 bits per heavy atom. The smallest absolute Gasteiger partial charge is 0.226 e. The van der Waals surface area contributed by atoms with Crippen molar-refractivity contribution in [3.05, 3.63) is 22.4 Å². The Balaban J connectivity index is 0.00000162. The van der Waals surface area contributed by atoms with Crippen molar-refractivity contribution in [2.75, 3.05) is 20.1 Å². The van der Waals surface area contributed by atoms with Crippen molar-refractivity contribution in [3.8, 4) is 0 Å². The third-order valence-electron chi connectivity index (χ3n) is 3.57. The van der Waals surface area contributed by atoms with Gasteiger partial charge in [0.15, 0.2) is 0 Å². The van der Waals surface area contributed by atoms with E-state index in [2.05, 4.69) is 23.7 Å².